The minimum absolute atomic E-state index is 0.431. The molecule has 0 amide bonds. The standard InChI is InChI=1S/C19H32N4O3S/c1-4-20-19(21-12-9-16-5-7-18(26-2)8-6-16)22-15-17-10-13-23(14-11-17)27(3,24)25/h5-8,17H,4,9-15H2,1-3H3,(H2,20,21,22). The van der Waals surface area contributed by atoms with Gasteiger partial charge in [-0.2, -0.15) is 0 Å². The van der Waals surface area contributed by atoms with Crippen molar-refractivity contribution in [3.05, 3.63) is 29.8 Å². The number of piperidine rings is 1. The van der Waals surface area contributed by atoms with E-state index in [0.29, 0.717) is 19.0 Å². The van der Waals surface area contributed by atoms with Gasteiger partial charge in [-0.15, -0.1) is 0 Å². The summed E-state index contributed by atoms with van der Waals surface area (Å²) < 4.78 is 29.9. The zero-order valence-electron chi connectivity index (χ0n) is 16.6. The minimum Gasteiger partial charge on any atom is -0.497 e. The van der Waals surface area contributed by atoms with Gasteiger partial charge in [-0.05, 0) is 49.8 Å². The van der Waals surface area contributed by atoms with Gasteiger partial charge in [-0.1, -0.05) is 12.1 Å². The molecule has 2 rings (SSSR count). The lowest BCUT2D eigenvalue weighted by atomic mass is 9.98. The smallest absolute Gasteiger partial charge is 0.211 e. The first-order valence-corrected chi connectivity index (χ1v) is 11.4. The van der Waals surface area contributed by atoms with Gasteiger partial charge in [0.1, 0.15) is 5.75 Å². The monoisotopic (exact) mass is 396 g/mol. The third-order valence-corrected chi connectivity index (χ3v) is 6.06. The molecule has 7 nitrogen and oxygen atoms in total. The number of nitrogens with one attached hydrogen (secondary N) is 2. The number of benzene rings is 1. The molecule has 152 valence electrons. The molecule has 0 radical (unpaired) electrons. The number of ether oxygens (including phenoxy) is 1. The van der Waals surface area contributed by atoms with Crippen molar-refractivity contribution in [2.24, 2.45) is 10.9 Å². The quantitative estimate of drug-likeness (QED) is 0.514. The van der Waals surface area contributed by atoms with Gasteiger partial charge in [0.05, 0.1) is 13.4 Å². The summed E-state index contributed by atoms with van der Waals surface area (Å²) in [5.74, 6) is 2.11. The number of aliphatic imine (C=N–C) groups is 1. The predicted octanol–water partition coefficient (Wildman–Crippen LogP) is 1.46. The van der Waals surface area contributed by atoms with Crippen molar-refractivity contribution in [2.75, 3.05) is 46.1 Å². The molecule has 1 aromatic carbocycles. The number of guanidine groups is 1. The highest BCUT2D eigenvalue weighted by molar-refractivity contribution is 7.88. The molecule has 1 fully saturated rings. The maximum absolute atomic E-state index is 11.6. The van der Waals surface area contributed by atoms with E-state index in [4.69, 9.17) is 4.74 Å². The van der Waals surface area contributed by atoms with Gasteiger partial charge >= 0.3 is 0 Å². The Morgan fingerprint density at radius 3 is 2.44 bits per heavy atom. The van der Waals surface area contributed by atoms with Crippen LogP contribution < -0.4 is 15.4 Å². The largest absolute Gasteiger partial charge is 0.497 e. The van der Waals surface area contributed by atoms with Gasteiger partial charge in [-0.3, -0.25) is 4.99 Å². The van der Waals surface area contributed by atoms with Crippen LogP contribution in [0.3, 0.4) is 0 Å². The molecule has 0 spiro atoms. The average molecular weight is 397 g/mol. The summed E-state index contributed by atoms with van der Waals surface area (Å²) in [7, 11) is -1.40. The van der Waals surface area contributed by atoms with Crippen LogP contribution in [0.25, 0.3) is 0 Å². The molecule has 2 N–H and O–H groups in total. The number of sulfonamides is 1. The molecule has 8 heteroatoms. The van der Waals surface area contributed by atoms with Crippen LogP contribution in [0.4, 0.5) is 0 Å². The fourth-order valence-electron chi connectivity index (χ4n) is 3.10. The molecule has 1 aliphatic heterocycles. The Balaban J connectivity index is 1.78. The van der Waals surface area contributed by atoms with Crippen LogP contribution in [0, 0.1) is 5.92 Å². The predicted molar refractivity (Wildman–Crippen MR) is 110 cm³/mol. The summed E-state index contributed by atoms with van der Waals surface area (Å²) in [5, 5.41) is 6.64. The minimum atomic E-state index is -3.07. The van der Waals surface area contributed by atoms with Gasteiger partial charge in [0.25, 0.3) is 0 Å². The first-order valence-electron chi connectivity index (χ1n) is 9.52. The van der Waals surface area contributed by atoms with Crippen molar-refractivity contribution in [1.82, 2.24) is 14.9 Å². The SMILES string of the molecule is CCNC(=NCC1CCN(S(C)(=O)=O)CC1)NCCc1ccc(OC)cc1. The summed E-state index contributed by atoms with van der Waals surface area (Å²) in [6, 6.07) is 8.08. The Labute approximate surface area is 163 Å². The second-order valence-electron chi connectivity index (χ2n) is 6.85. The van der Waals surface area contributed by atoms with Crippen molar-refractivity contribution in [1.29, 1.82) is 0 Å². The Morgan fingerprint density at radius 1 is 1.22 bits per heavy atom. The Morgan fingerprint density at radius 2 is 1.89 bits per heavy atom. The Bertz CT molecular complexity index is 696. The average Bonchev–Trinajstić information content (AvgIpc) is 2.66. The first kappa shape index (κ1) is 21.5. The molecule has 0 aromatic heterocycles. The van der Waals surface area contributed by atoms with E-state index in [1.807, 2.05) is 19.1 Å². The number of rotatable bonds is 8. The van der Waals surface area contributed by atoms with E-state index >= 15 is 0 Å². The van der Waals surface area contributed by atoms with Gasteiger partial charge in [-0.25, -0.2) is 12.7 Å². The van der Waals surface area contributed by atoms with Crippen molar-refractivity contribution in [3.63, 3.8) is 0 Å². The highest BCUT2D eigenvalue weighted by Crippen LogP contribution is 2.19. The molecule has 0 bridgehead atoms. The Kier molecular flexibility index (Phi) is 8.37. The van der Waals surface area contributed by atoms with E-state index in [0.717, 1.165) is 50.6 Å². The topological polar surface area (TPSA) is 83.0 Å². The first-order chi connectivity index (χ1) is 12.9. The maximum Gasteiger partial charge on any atom is 0.211 e. The van der Waals surface area contributed by atoms with E-state index in [1.165, 1.54) is 11.8 Å². The molecular weight excluding hydrogens is 364 g/mol. The molecule has 1 aliphatic rings. The van der Waals surface area contributed by atoms with Crippen LogP contribution in [0.15, 0.2) is 29.3 Å². The molecule has 1 heterocycles. The Hall–Kier alpha value is -1.80. The number of methoxy groups -OCH3 is 1. The fraction of sp³-hybridized carbons (Fsp3) is 0.632. The lowest BCUT2D eigenvalue weighted by Gasteiger charge is -2.29. The van der Waals surface area contributed by atoms with E-state index in [9.17, 15) is 8.42 Å². The zero-order chi connectivity index (χ0) is 19.7. The number of hydrogen-bond acceptors (Lipinski definition) is 4. The molecule has 1 saturated heterocycles. The highest BCUT2D eigenvalue weighted by atomic mass is 32.2. The number of hydrogen-bond donors (Lipinski definition) is 2. The van der Waals surface area contributed by atoms with Crippen LogP contribution in [0.5, 0.6) is 5.75 Å². The van der Waals surface area contributed by atoms with E-state index < -0.39 is 10.0 Å². The van der Waals surface area contributed by atoms with Crippen molar-refractivity contribution in [3.8, 4) is 5.75 Å². The fourth-order valence-corrected chi connectivity index (χ4v) is 3.98. The van der Waals surface area contributed by atoms with Crippen molar-refractivity contribution < 1.29 is 13.2 Å². The highest BCUT2D eigenvalue weighted by Gasteiger charge is 2.24. The molecule has 0 unspecified atom stereocenters. The van der Waals surface area contributed by atoms with Gasteiger partial charge in [0.15, 0.2) is 5.96 Å². The zero-order valence-corrected chi connectivity index (χ0v) is 17.4. The van der Waals surface area contributed by atoms with Crippen LogP contribution in [0.2, 0.25) is 0 Å². The van der Waals surface area contributed by atoms with Gasteiger partial charge < -0.3 is 15.4 Å². The van der Waals surface area contributed by atoms with Crippen LogP contribution in [0.1, 0.15) is 25.3 Å². The molecule has 1 aromatic rings. The summed E-state index contributed by atoms with van der Waals surface area (Å²) in [4.78, 5) is 4.69. The van der Waals surface area contributed by atoms with E-state index in [2.05, 4.69) is 27.8 Å². The summed E-state index contributed by atoms with van der Waals surface area (Å²) in [6.07, 6.45) is 3.91. The maximum atomic E-state index is 11.6. The van der Waals surface area contributed by atoms with Crippen molar-refractivity contribution in [2.45, 2.75) is 26.2 Å². The van der Waals surface area contributed by atoms with Gasteiger partial charge in [0.2, 0.25) is 10.0 Å². The number of nitrogens with zero attached hydrogens (tertiary/aromatic N) is 2. The second-order valence-corrected chi connectivity index (χ2v) is 8.83. The lowest BCUT2D eigenvalue weighted by Crippen LogP contribution is -2.40. The molecular formula is C19H32N4O3S. The van der Waals surface area contributed by atoms with Crippen LogP contribution in [-0.2, 0) is 16.4 Å². The lowest BCUT2D eigenvalue weighted by molar-refractivity contribution is 0.280. The molecule has 0 aliphatic carbocycles. The third-order valence-electron chi connectivity index (χ3n) is 4.76. The molecule has 0 saturated carbocycles. The summed E-state index contributed by atoms with van der Waals surface area (Å²) >= 11 is 0. The van der Waals surface area contributed by atoms with Crippen molar-refractivity contribution >= 4 is 16.0 Å². The van der Waals surface area contributed by atoms with E-state index in [-0.39, 0.29) is 0 Å². The molecule has 27 heavy (non-hydrogen) atoms. The normalized spacial score (nSPS) is 16.9. The van der Waals surface area contributed by atoms with E-state index in [1.54, 1.807) is 11.4 Å². The van der Waals surface area contributed by atoms with Crippen LogP contribution in [-0.4, -0.2) is 64.8 Å². The molecule has 0 atom stereocenters. The summed E-state index contributed by atoms with van der Waals surface area (Å²) in [6.45, 7) is 5.56. The van der Waals surface area contributed by atoms with Crippen LogP contribution >= 0.6 is 0 Å². The summed E-state index contributed by atoms with van der Waals surface area (Å²) in [5.41, 5.74) is 1.24. The second kappa shape index (κ2) is 10.5. The van der Waals surface area contributed by atoms with Gasteiger partial charge in [0, 0.05) is 32.7 Å². The third kappa shape index (κ3) is 7.38.